The van der Waals surface area contributed by atoms with Gasteiger partial charge in [-0.1, -0.05) is 36.7 Å². The molecule has 0 saturated heterocycles. The molecule has 61 valence electrons. The van der Waals surface area contributed by atoms with Gasteiger partial charge in [0, 0.05) is 12.0 Å². The van der Waals surface area contributed by atoms with E-state index in [4.69, 9.17) is 5.02 Å². The third-order valence-corrected chi connectivity index (χ3v) is 1.68. The van der Waals surface area contributed by atoms with E-state index in [2.05, 4.69) is 0 Å². The molecule has 0 aliphatic heterocycles. The Morgan fingerprint density at radius 3 is 2.92 bits per heavy atom. The SMILES string of the molecule is CCC(=O)c1cccc([B]O)c1. The first kappa shape index (κ1) is 9.01. The number of rotatable bonds is 3. The molecule has 0 saturated carbocycles. The van der Waals surface area contributed by atoms with Crippen molar-refractivity contribution >= 4 is 18.7 Å². The van der Waals surface area contributed by atoms with E-state index in [1.807, 2.05) is 6.92 Å². The molecule has 0 aromatic heterocycles. The molecule has 3 heteroatoms. The van der Waals surface area contributed by atoms with Crippen LogP contribution in [-0.4, -0.2) is 18.3 Å². The molecule has 1 aromatic carbocycles. The van der Waals surface area contributed by atoms with Gasteiger partial charge in [-0.05, 0) is 0 Å². The Hall–Kier alpha value is -1.09. The van der Waals surface area contributed by atoms with Crippen molar-refractivity contribution in [1.29, 1.82) is 0 Å². The molecule has 0 bridgehead atoms. The van der Waals surface area contributed by atoms with Gasteiger partial charge >= 0.3 is 7.48 Å². The molecule has 1 rings (SSSR count). The van der Waals surface area contributed by atoms with Gasteiger partial charge in [-0.2, -0.15) is 0 Å². The van der Waals surface area contributed by atoms with Gasteiger partial charge in [-0.25, -0.2) is 0 Å². The summed E-state index contributed by atoms with van der Waals surface area (Å²) in [5.41, 5.74) is 1.31. The molecule has 0 amide bonds. The normalized spacial score (nSPS) is 9.50. The average molecular weight is 161 g/mol. The van der Waals surface area contributed by atoms with Crippen LogP contribution in [0.15, 0.2) is 24.3 Å². The summed E-state index contributed by atoms with van der Waals surface area (Å²) in [6, 6.07) is 6.92. The van der Waals surface area contributed by atoms with Crippen LogP contribution in [0.3, 0.4) is 0 Å². The Bertz CT molecular complexity index is 284. The highest BCUT2D eigenvalue weighted by Gasteiger charge is 2.02. The van der Waals surface area contributed by atoms with Crippen molar-refractivity contribution in [2.24, 2.45) is 0 Å². The van der Waals surface area contributed by atoms with Gasteiger partial charge in [-0.3, -0.25) is 4.79 Å². The summed E-state index contributed by atoms with van der Waals surface area (Å²) in [5.74, 6) is 0.0960. The second-order valence-electron chi connectivity index (χ2n) is 2.53. The first-order valence-corrected chi connectivity index (χ1v) is 3.88. The number of carbonyl (C=O) groups excluding carboxylic acids is 1. The molecule has 0 aliphatic carbocycles. The fourth-order valence-electron chi connectivity index (χ4n) is 0.997. The van der Waals surface area contributed by atoms with Crippen LogP contribution in [-0.2, 0) is 0 Å². The van der Waals surface area contributed by atoms with Gasteiger partial charge in [0.1, 0.15) is 0 Å². The van der Waals surface area contributed by atoms with Crippen molar-refractivity contribution in [2.45, 2.75) is 13.3 Å². The van der Waals surface area contributed by atoms with E-state index in [9.17, 15) is 4.79 Å². The number of carbonyl (C=O) groups is 1. The molecule has 2 nitrogen and oxygen atoms in total. The number of hydrogen-bond acceptors (Lipinski definition) is 2. The highest BCUT2D eigenvalue weighted by atomic mass is 16.2. The van der Waals surface area contributed by atoms with Gasteiger partial charge in [0.25, 0.3) is 0 Å². The molecule has 1 aromatic rings. The molecule has 1 N–H and O–H groups in total. The summed E-state index contributed by atoms with van der Waals surface area (Å²) >= 11 is 0. The lowest BCUT2D eigenvalue weighted by molar-refractivity contribution is 0.0988. The summed E-state index contributed by atoms with van der Waals surface area (Å²) in [6.07, 6.45) is 0.495. The predicted octanol–water partition coefficient (Wildman–Crippen LogP) is 0.516. The van der Waals surface area contributed by atoms with Crippen molar-refractivity contribution in [2.75, 3.05) is 0 Å². The smallest absolute Gasteiger partial charge is 0.326 e. The molecule has 0 atom stereocenters. The zero-order valence-electron chi connectivity index (χ0n) is 6.95. The summed E-state index contributed by atoms with van der Waals surface area (Å²) in [5, 5.41) is 8.68. The van der Waals surface area contributed by atoms with Crippen LogP contribution in [0.2, 0.25) is 0 Å². The summed E-state index contributed by atoms with van der Waals surface area (Å²) in [7, 11) is 0.992. The van der Waals surface area contributed by atoms with Gasteiger partial charge in [0.05, 0.1) is 0 Å². The second-order valence-corrected chi connectivity index (χ2v) is 2.53. The Morgan fingerprint density at radius 2 is 2.33 bits per heavy atom. The molecule has 0 heterocycles. The van der Waals surface area contributed by atoms with Crippen molar-refractivity contribution in [3.8, 4) is 0 Å². The molecular formula is C9H10BO2. The minimum atomic E-state index is 0.0960. The van der Waals surface area contributed by atoms with Crippen molar-refractivity contribution in [1.82, 2.24) is 0 Å². The topological polar surface area (TPSA) is 37.3 Å². The standard InChI is InChI=1S/C9H10BO2/c1-2-9(11)7-4-3-5-8(6-7)10-12/h3-6,12H,2H2,1H3. The highest BCUT2D eigenvalue weighted by molar-refractivity contribution is 6.45. The lowest BCUT2D eigenvalue weighted by Crippen LogP contribution is -2.14. The van der Waals surface area contributed by atoms with Crippen molar-refractivity contribution < 1.29 is 9.82 Å². The Balaban J connectivity index is 2.93. The van der Waals surface area contributed by atoms with E-state index < -0.39 is 0 Å². The van der Waals surface area contributed by atoms with Gasteiger partial charge in [0.15, 0.2) is 5.78 Å². The zero-order valence-corrected chi connectivity index (χ0v) is 6.95. The Labute approximate surface area is 72.5 Å². The second kappa shape index (κ2) is 4.07. The zero-order chi connectivity index (χ0) is 8.97. The molecule has 0 aliphatic rings. The van der Waals surface area contributed by atoms with Gasteiger partial charge in [0.2, 0.25) is 0 Å². The first-order chi connectivity index (χ1) is 5.77. The van der Waals surface area contributed by atoms with Crippen molar-refractivity contribution in [3.05, 3.63) is 29.8 Å². The van der Waals surface area contributed by atoms with Crippen LogP contribution in [0.25, 0.3) is 0 Å². The Morgan fingerprint density at radius 1 is 1.58 bits per heavy atom. The van der Waals surface area contributed by atoms with Crippen LogP contribution >= 0.6 is 0 Å². The van der Waals surface area contributed by atoms with Crippen LogP contribution in [0.1, 0.15) is 23.7 Å². The van der Waals surface area contributed by atoms with Crippen LogP contribution in [0.5, 0.6) is 0 Å². The maximum absolute atomic E-state index is 11.2. The number of benzene rings is 1. The molecule has 0 spiro atoms. The van der Waals surface area contributed by atoms with Gasteiger partial charge in [-0.15, -0.1) is 0 Å². The minimum absolute atomic E-state index is 0.0960. The van der Waals surface area contributed by atoms with Gasteiger partial charge < -0.3 is 5.02 Å². The number of ketones is 1. The third-order valence-electron chi connectivity index (χ3n) is 1.68. The third kappa shape index (κ3) is 1.95. The lowest BCUT2D eigenvalue weighted by Gasteiger charge is -1.98. The predicted molar refractivity (Wildman–Crippen MR) is 48.7 cm³/mol. The average Bonchev–Trinajstić information content (AvgIpc) is 2.17. The largest absolute Gasteiger partial charge is 0.450 e. The van der Waals surface area contributed by atoms with E-state index in [1.54, 1.807) is 24.3 Å². The van der Waals surface area contributed by atoms with Crippen LogP contribution in [0, 0.1) is 0 Å². The monoisotopic (exact) mass is 161 g/mol. The first-order valence-electron chi connectivity index (χ1n) is 3.88. The van der Waals surface area contributed by atoms with E-state index in [0.29, 0.717) is 17.4 Å². The Kier molecular flexibility index (Phi) is 3.05. The highest BCUT2D eigenvalue weighted by Crippen LogP contribution is 2.00. The molecule has 0 fully saturated rings. The fourth-order valence-corrected chi connectivity index (χ4v) is 0.997. The van der Waals surface area contributed by atoms with Crippen LogP contribution < -0.4 is 5.46 Å². The molecule has 12 heavy (non-hydrogen) atoms. The minimum Gasteiger partial charge on any atom is -0.450 e. The fraction of sp³-hybridized carbons (Fsp3) is 0.222. The summed E-state index contributed by atoms with van der Waals surface area (Å²) < 4.78 is 0. The van der Waals surface area contributed by atoms with E-state index >= 15 is 0 Å². The van der Waals surface area contributed by atoms with Crippen molar-refractivity contribution in [3.63, 3.8) is 0 Å². The van der Waals surface area contributed by atoms with Crippen LogP contribution in [0.4, 0.5) is 0 Å². The number of hydrogen-bond donors (Lipinski definition) is 1. The maximum atomic E-state index is 11.2. The molecular weight excluding hydrogens is 151 g/mol. The maximum Gasteiger partial charge on any atom is 0.326 e. The van der Waals surface area contributed by atoms with E-state index in [-0.39, 0.29) is 5.78 Å². The lowest BCUT2D eigenvalue weighted by atomic mass is 9.87. The number of Topliss-reactive ketones (excluding diaryl/α,β-unsaturated/α-hetero) is 1. The molecule has 1 radical (unpaired) electrons. The summed E-state index contributed by atoms with van der Waals surface area (Å²) in [6.45, 7) is 1.82. The quantitative estimate of drug-likeness (QED) is 0.518. The van der Waals surface area contributed by atoms with E-state index in [0.717, 1.165) is 7.48 Å². The summed E-state index contributed by atoms with van der Waals surface area (Å²) in [4.78, 5) is 11.2. The van der Waals surface area contributed by atoms with E-state index in [1.165, 1.54) is 0 Å². The molecule has 0 unspecified atom stereocenters.